The zero-order chi connectivity index (χ0) is 17.6. The lowest BCUT2D eigenvalue weighted by molar-refractivity contribution is 0.146. The minimum Gasteiger partial charge on any atom is -0.416 e. The summed E-state index contributed by atoms with van der Waals surface area (Å²) in [5.74, 6) is -0.842. The Labute approximate surface area is 141 Å². The Kier molecular flexibility index (Phi) is 8.94. The van der Waals surface area contributed by atoms with E-state index < -0.39 is 26.1 Å². The fraction of sp³-hybridized carbons (Fsp3) is 0.625. The SMILES string of the molecule is CC(C)(C)[Si](C)(C)OCCBr.Cc1ccc(F)c(C(F)F)c1. The van der Waals surface area contributed by atoms with E-state index in [0.29, 0.717) is 10.6 Å². The summed E-state index contributed by atoms with van der Waals surface area (Å²) >= 11 is 3.37. The maximum absolute atomic E-state index is 12.5. The van der Waals surface area contributed by atoms with Crippen LogP contribution in [0.4, 0.5) is 13.2 Å². The van der Waals surface area contributed by atoms with Crippen LogP contribution in [0.2, 0.25) is 18.1 Å². The van der Waals surface area contributed by atoms with Crippen molar-refractivity contribution in [1.29, 1.82) is 0 Å². The van der Waals surface area contributed by atoms with E-state index in [1.807, 2.05) is 0 Å². The second-order valence-corrected chi connectivity index (χ2v) is 12.2. The van der Waals surface area contributed by atoms with E-state index in [9.17, 15) is 13.2 Å². The predicted molar refractivity (Wildman–Crippen MR) is 93.0 cm³/mol. The van der Waals surface area contributed by atoms with Crippen molar-refractivity contribution in [1.82, 2.24) is 0 Å². The molecule has 1 aromatic carbocycles. The summed E-state index contributed by atoms with van der Waals surface area (Å²) in [7, 11) is -1.46. The second-order valence-electron chi connectivity index (χ2n) is 6.62. The molecular weight excluding hydrogens is 373 g/mol. The Morgan fingerprint density at radius 2 is 1.77 bits per heavy atom. The van der Waals surface area contributed by atoms with Gasteiger partial charge in [0, 0.05) is 11.9 Å². The highest BCUT2D eigenvalue weighted by Crippen LogP contribution is 2.36. The number of benzene rings is 1. The lowest BCUT2D eigenvalue weighted by atomic mass is 10.1. The number of hydrogen-bond donors (Lipinski definition) is 0. The van der Waals surface area contributed by atoms with E-state index in [4.69, 9.17) is 4.43 Å². The zero-order valence-electron chi connectivity index (χ0n) is 14.1. The van der Waals surface area contributed by atoms with Crippen LogP contribution < -0.4 is 0 Å². The van der Waals surface area contributed by atoms with Crippen LogP contribution in [0.15, 0.2) is 18.2 Å². The quantitative estimate of drug-likeness (QED) is 0.416. The van der Waals surface area contributed by atoms with Gasteiger partial charge in [-0.05, 0) is 37.2 Å². The van der Waals surface area contributed by atoms with E-state index in [2.05, 4.69) is 49.8 Å². The summed E-state index contributed by atoms with van der Waals surface area (Å²) in [6, 6.07) is 3.66. The average molecular weight is 399 g/mol. The molecule has 0 bridgehead atoms. The Morgan fingerprint density at radius 3 is 2.14 bits per heavy atom. The largest absolute Gasteiger partial charge is 0.416 e. The van der Waals surface area contributed by atoms with Crippen molar-refractivity contribution < 1.29 is 17.6 Å². The first-order chi connectivity index (χ1) is 9.92. The van der Waals surface area contributed by atoms with Gasteiger partial charge in [0.05, 0.1) is 5.56 Å². The summed E-state index contributed by atoms with van der Waals surface area (Å²) in [6.07, 6.45) is -2.73. The molecule has 0 aliphatic carbocycles. The zero-order valence-corrected chi connectivity index (χ0v) is 16.7. The van der Waals surface area contributed by atoms with E-state index in [1.54, 1.807) is 6.92 Å². The monoisotopic (exact) mass is 398 g/mol. The van der Waals surface area contributed by atoms with Gasteiger partial charge in [-0.15, -0.1) is 0 Å². The molecule has 0 spiro atoms. The second kappa shape index (κ2) is 9.08. The van der Waals surface area contributed by atoms with Gasteiger partial charge < -0.3 is 4.43 Å². The minimum absolute atomic E-state index is 0.342. The maximum atomic E-state index is 12.5. The van der Waals surface area contributed by atoms with Crippen LogP contribution in [0.5, 0.6) is 0 Å². The van der Waals surface area contributed by atoms with Crippen molar-refractivity contribution in [2.24, 2.45) is 0 Å². The lowest BCUT2D eigenvalue weighted by Gasteiger charge is -2.35. The molecule has 0 amide bonds. The smallest absolute Gasteiger partial charge is 0.266 e. The van der Waals surface area contributed by atoms with Gasteiger partial charge in [-0.25, -0.2) is 13.2 Å². The molecule has 0 saturated heterocycles. The van der Waals surface area contributed by atoms with Gasteiger partial charge in [0.1, 0.15) is 5.82 Å². The molecule has 0 aliphatic heterocycles. The third kappa shape index (κ3) is 7.29. The van der Waals surface area contributed by atoms with Crippen LogP contribution in [0, 0.1) is 12.7 Å². The molecule has 6 heteroatoms. The molecule has 1 aromatic rings. The number of halogens is 4. The number of aryl methyl sites for hydroxylation is 1. The highest BCUT2D eigenvalue weighted by molar-refractivity contribution is 9.09. The minimum atomic E-state index is -2.73. The Hall–Kier alpha value is -0.333. The van der Waals surface area contributed by atoms with Crippen LogP contribution in [0.25, 0.3) is 0 Å². The van der Waals surface area contributed by atoms with E-state index in [1.165, 1.54) is 6.07 Å². The summed E-state index contributed by atoms with van der Waals surface area (Å²) < 4.78 is 42.3. The molecule has 22 heavy (non-hydrogen) atoms. The summed E-state index contributed by atoms with van der Waals surface area (Å²) in [5.41, 5.74) is 0.117. The highest BCUT2D eigenvalue weighted by atomic mass is 79.9. The van der Waals surface area contributed by atoms with Gasteiger partial charge >= 0.3 is 0 Å². The first-order valence-electron chi connectivity index (χ1n) is 7.16. The van der Waals surface area contributed by atoms with Crippen molar-refractivity contribution in [3.8, 4) is 0 Å². The van der Waals surface area contributed by atoms with Crippen LogP contribution >= 0.6 is 15.9 Å². The molecule has 1 nitrogen and oxygen atoms in total. The first-order valence-corrected chi connectivity index (χ1v) is 11.2. The molecule has 128 valence electrons. The fourth-order valence-corrected chi connectivity index (χ4v) is 2.85. The van der Waals surface area contributed by atoms with Gasteiger partial charge in [0.2, 0.25) is 0 Å². The van der Waals surface area contributed by atoms with Crippen LogP contribution in [0.3, 0.4) is 0 Å². The number of rotatable bonds is 4. The molecule has 0 atom stereocenters. The molecule has 0 heterocycles. The molecule has 0 saturated carbocycles. The third-order valence-corrected chi connectivity index (χ3v) is 8.59. The Morgan fingerprint density at radius 1 is 1.23 bits per heavy atom. The van der Waals surface area contributed by atoms with Gasteiger partial charge in [0.25, 0.3) is 6.43 Å². The molecule has 0 N–H and O–H groups in total. The fourth-order valence-electron chi connectivity index (χ4n) is 1.34. The highest BCUT2D eigenvalue weighted by Gasteiger charge is 2.36. The Balaban J connectivity index is 0.000000401. The molecule has 0 fully saturated rings. The van der Waals surface area contributed by atoms with Crippen molar-refractivity contribution in [2.75, 3.05) is 11.9 Å². The van der Waals surface area contributed by atoms with Crippen LogP contribution in [-0.4, -0.2) is 20.3 Å². The van der Waals surface area contributed by atoms with Gasteiger partial charge in [-0.2, -0.15) is 0 Å². The topological polar surface area (TPSA) is 9.23 Å². The number of alkyl halides is 3. The van der Waals surface area contributed by atoms with E-state index in [-0.39, 0.29) is 0 Å². The lowest BCUT2D eigenvalue weighted by Crippen LogP contribution is -2.41. The van der Waals surface area contributed by atoms with Crippen molar-refractivity contribution in [3.05, 3.63) is 35.1 Å². The predicted octanol–water partition coefficient (Wildman–Crippen LogP) is 6.47. The van der Waals surface area contributed by atoms with Crippen molar-refractivity contribution in [3.63, 3.8) is 0 Å². The van der Waals surface area contributed by atoms with Gasteiger partial charge in [0.15, 0.2) is 8.32 Å². The van der Waals surface area contributed by atoms with Gasteiger partial charge in [-0.3, -0.25) is 0 Å². The number of hydrogen-bond acceptors (Lipinski definition) is 1. The molecule has 1 rings (SSSR count). The normalized spacial score (nSPS) is 12.1. The van der Waals surface area contributed by atoms with Crippen molar-refractivity contribution >= 4 is 24.2 Å². The average Bonchev–Trinajstić information content (AvgIpc) is 2.38. The van der Waals surface area contributed by atoms with Crippen LogP contribution in [-0.2, 0) is 4.43 Å². The molecule has 0 unspecified atom stereocenters. The van der Waals surface area contributed by atoms with E-state index >= 15 is 0 Å². The molecule has 0 aliphatic rings. The maximum Gasteiger partial charge on any atom is 0.266 e. The summed E-state index contributed by atoms with van der Waals surface area (Å²) in [5, 5.41) is 1.29. The van der Waals surface area contributed by atoms with Crippen LogP contribution in [0.1, 0.15) is 38.3 Å². The summed E-state index contributed by atoms with van der Waals surface area (Å²) in [6.45, 7) is 13.8. The standard InChI is InChI=1S/C8H19BrOSi.C8H7F3/c1-8(2,3)11(4,5)10-7-6-9;1-5-2-3-7(9)6(4-5)8(10)11/h6-7H2,1-5H3;2-4,8H,1H3. The molecule has 0 aromatic heterocycles. The Bertz CT molecular complexity index is 459. The summed E-state index contributed by atoms with van der Waals surface area (Å²) in [4.78, 5) is 0. The van der Waals surface area contributed by atoms with Crippen molar-refractivity contribution in [2.45, 2.75) is 52.3 Å². The molecule has 0 radical (unpaired) electrons. The van der Waals surface area contributed by atoms with Gasteiger partial charge in [-0.1, -0.05) is 48.3 Å². The first kappa shape index (κ1) is 21.7. The molecular formula is C16H26BrF3OSi. The third-order valence-electron chi connectivity index (χ3n) is 3.73. The van der Waals surface area contributed by atoms with E-state index in [0.717, 1.165) is 24.1 Å².